The quantitative estimate of drug-likeness (QED) is 0.664. The SMILES string of the molecule is O=C(CCCn1cncn1)NCCCN1CCN(c2ccccc2Cl)CC1. The number of benzene rings is 1. The van der Waals surface area contributed by atoms with Crippen LogP contribution in [-0.2, 0) is 11.3 Å². The molecule has 27 heavy (non-hydrogen) atoms. The van der Waals surface area contributed by atoms with Gasteiger partial charge in [0.05, 0.1) is 10.7 Å². The first kappa shape index (κ1) is 19.6. The number of hydrogen-bond acceptors (Lipinski definition) is 5. The standard InChI is InChI=1S/C19H27ClN6O/c20-17-5-1-2-6-18(17)25-13-11-24(12-14-25)9-4-8-22-19(27)7-3-10-26-16-21-15-23-26/h1-2,5-6,15-16H,3-4,7-14H2,(H,22,27). The number of carbonyl (C=O) groups is 1. The summed E-state index contributed by atoms with van der Waals surface area (Å²) >= 11 is 6.29. The van der Waals surface area contributed by atoms with Gasteiger partial charge in [-0.05, 0) is 31.5 Å². The topological polar surface area (TPSA) is 66.3 Å². The number of para-hydroxylation sites is 1. The average molecular weight is 391 g/mol. The van der Waals surface area contributed by atoms with Crippen molar-refractivity contribution >= 4 is 23.2 Å². The number of nitrogens with one attached hydrogen (secondary N) is 1. The second kappa shape index (κ2) is 10.3. The third kappa shape index (κ3) is 6.22. The largest absolute Gasteiger partial charge is 0.368 e. The number of aromatic nitrogens is 3. The summed E-state index contributed by atoms with van der Waals surface area (Å²) < 4.78 is 1.75. The zero-order valence-corrected chi connectivity index (χ0v) is 16.3. The van der Waals surface area contributed by atoms with Crippen molar-refractivity contribution in [2.45, 2.75) is 25.8 Å². The molecule has 7 nitrogen and oxygen atoms in total. The van der Waals surface area contributed by atoms with E-state index < -0.39 is 0 Å². The lowest BCUT2D eigenvalue weighted by atomic mass is 10.2. The predicted octanol–water partition coefficient (Wildman–Crippen LogP) is 2.04. The van der Waals surface area contributed by atoms with Crippen molar-refractivity contribution in [3.8, 4) is 0 Å². The maximum atomic E-state index is 11.9. The maximum Gasteiger partial charge on any atom is 0.220 e. The van der Waals surface area contributed by atoms with Crippen LogP contribution >= 0.6 is 11.6 Å². The summed E-state index contributed by atoms with van der Waals surface area (Å²) in [6.45, 7) is 6.48. The van der Waals surface area contributed by atoms with Crippen molar-refractivity contribution < 1.29 is 4.79 Å². The van der Waals surface area contributed by atoms with Gasteiger partial charge in [-0.1, -0.05) is 23.7 Å². The highest BCUT2D eigenvalue weighted by atomic mass is 35.5. The Hall–Kier alpha value is -2.12. The third-order valence-corrected chi connectivity index (χ3v) is 5.12. The van der Waals surface area contributed by atoms with Crippen molar-refractivity contribution in [2.24, 2.45) is 0 Å². The van der Waals surface area contributed by atoms with Crippen LogP contribution in [0.4, 0.5) is 5.69 Å². The Morgan fingerprint density at radius 3 is 2.67 bits per heavy atom. The molecule has 0 saturated carbocycles. The zero-order valence-electron chi connectivity index (χ0n) is 15.6. The van der Waals surface area contributed by atoms with Crippen LogP contribution in [0.1, 0.15) is 19.3 Å². The molecule has 0 radical (unpaired) electrons. The van der Waals surface area contributed by atoms with E-state index in [1.807, 2.05) is 18.2 Å². The minimum Gasteiger partial charge on any atom is -0.368 e. The van der Waals surface area contributed by atoms with E-state index in [1.165, 1.54) is 6.33 Å². The summed E-state index contributed by atoms with van der Waals surface area (Å²) in [5.41, 5.74) is 1.12. The summed E-state index contributed by atoms with van der Waals surface area (Å²) in [6.07, 6.45) is 5.45. The van der Waals surface area contributed by atoms with Gasteiger partial charge in [-0.15, -0.1) is 0 Å². The molecule has 1 amide bonds. The fourth-order valence-electron chi connectivity index (χ4n) is 3.29. The average Bonchev–Trinajstić information content (AvgIpc) is 3.20. The van der Waals surface area contributed by atoms with Crippen LogP contribution < -0.4 is 10.2 Å². The normalized spacial score (nSPS) is 15.1. The summed E-state index contributed by atoms with van der Waals surface area (Å²) in [5, 5.41) is 7.85. The van der Waals surface area contributed by atoms with E-state index in [9.17, 15) is 4.79 Å². The van der Waals surface area contributed by atoms with E-state index >= 15 is 0 Å². The Labute approximate surface area is 165 Å². The number of nitrogens with zero attached hydrogens (tertiary/aromatic N) is 5. The molecule has 0 aliphatic carbocycles. The number of aryl methyl sites for hydroxylation is 1. The van der Waals surface area contributed by atoms with Crippen molar-refractivity contribution in [3.63, 3.8) is 0 Å². The monoisotopic (exact) mass is 390 g/mol. The molecule has 1 saturated heterocycles. The number of piperazine rings is 1. The lowest BCUT2D eigenvalue weighted by Gasteiger charge is -2.36. The van der Waals surface area contributed by atoms with E-state index in [-0.39, 0.29) is 5.91 Å². The van der Waals surface area contributed by atoms with Gasteiger partial charge in [0.15, 0.2) is 0 Å². The second-order valence-corrected chi connectivity index (χ2v) is 7.15. The predicted molar refractivity (Wildman–Crippen MR) is 107 cm³/mol. The molecular formula is C19H27ClN6O. The second-order valence-electron chi connectivity index (χ2n) is 6.75. The molecule has 1 fully saturated rings. The van der Waals surface area contributed by atoms with E-state index in [1.54, 1.807) is 11.0 Å². The van der Waals surface area contributed by atoms with Crippen molar-refractivity contribution in [2.75, 3.05) is 44.2 Å². The van der Waals surface area contributed by atoms with Crippen LogP contribution in [-0.4, -0.2) is 64.8 Å². The molecule has 146 valence electrons. The molecule has 0 spiro atoms. The smallest absolute Gasteiger partial charge is 0.220 e. The van der Waals surface area contributed by atoms with Crippen molar-refractivity contribution in [1.29, 1.82) is 0 Å². The molecule has 8 heteroatoms. The van der Waals surface area contributed by atoms with Gasteiger partial charge in [-0.2, -0.15) is 5.10 Å². The zero-order chi connectivity index (χ0) is 18.9. The lowest BCUT2D eigenvalue weighted by Crippen LogP contribution is -2.47. The van der Waals surface area contributed by atoms with Crippen molar-refractivity contribution in [3.05, 3.63) is 41.9 Å². The minimum absolute atomic E-state index is 0.110. The number of carbonyl (C=O) groups excluding carboxylic acids is 1. The number of anilines is 1. The minimum atomic E-state index is 0.110. The van der Waals surface area contributed by atoms with E-state index in [2.05, 4.69) is 31.3 Å². The van der Waals surface area contributed by atoms with Gasteiger partial charge in [0.1, 0.15) is 12.7 Å². The Bertz CT molecular complexity index is 700. The summed E-state index contributed by atoms with van der Waals surface area (Å²) in [4.78, 5) is 20.5. The fraction of sp³-hybridized carbons (Fsp3) is 0.526. The molecule has 1 aromatic carbocycles. The highest BCUT2D eigenvalue weighted by molar-refractivity contribution is 6.33. The van der Waals surface area contributed by atoms with Crippen LogP contribution in [0.3, 0.4) is 0 Å². The summed E-state index contributed by atoms with van der Waals surface area (Å²) in [5.74, 6) is 0.110. The first-order valence-corrected chi connectivity index (χ1v) is 9.91. The van der Waals surface area contributed by atoms with Crippen LogP contribution in [0.2, 0.25) is 5.02 Å². The number of rotatable bonds is 9. The molecule has 1 N–H and O–H groups in total. The Kier molecular flexibility index (Phi) is 7.47. The number of hydrogen-bond donors (Lipinski definition) is 1. The van der Waals surface area contributed by atoms with Gasteiger partial charge < -0.3 is 10.2 Å². The lowest BCUT2D eigenvalue weighted by molar-refractivity contribution is -0.121. The van der Waals surface area contributed by atoms with Gasteiger partial charge in [-0.25, -0.2) is 4.98 Å². The number of halogens is 1. The first-order chi connectivity index (χ1) is 13.2. The Morgan fingerprint density at radius 1 is 1.11 bits per heavy atom. The van der Waals surface area contributed by atoms with Crippen LogP contribution in [0.25, 0.3) is 0 Å². The van der Waals surface area contributed by atoms with Crippen molar-refractivity contribution in [1.82, 2.24) is 25.0 Å². The molecule has 1 aromatic heterocycles. The van der Waals surface area contributed by atoms with Crippen LogP contribution in [0.15, 0.2) is 36.9 Å². The molecular weight excluding hydrogens is 364 g/mol. The molecule has 2 aromatic rings. The molecule has 1 aliphatic rings. The highest BCUT2D eigenvalue weighted by Gasteiger charge is 2.18. The van der Waals surface area contributed by atoms with Gasteiger partial charge in [-0.3, -0.25) is 14.4 Å². The maximum absolute atomic E-state index is 11.9. The number of amides is 1. The molecule has 0 unspecified atom stereocenters. The fourth-order valence-corrected chi connectivity index (χ4v) is 3.54. The third-order valence-electron chi connectivity index (χ3n) is 4.80. The van der Waals surface area contributed by atoms with E-state index in [0.717, 1.165) is 69.4 Å². The van der Waals surface area contributed by atoms with E-state index in [4.69, 9.17) is 11.6 Å². The first-order valence-electron chi connectivity index (χ1n) is 9.53. The van der Waals surface area contributed by atoms with Gasteiger partial charge in [0.25, 0.3) is 0 Å². The van der Waals surface area contributed by atoms with Gasteiger partial charge in [0.2, 0.25) is 5.91 Å². The Balaban J connectivity index is 1.25. The molecule has 2 heterocycles. The summed E-state index contributed by atoms with van der Waals surface area (Å²) in [6, 6.07) is 8.02. The molecule has 0 atom stereocenters. The Morgan fingerprint density at radius 2 is 1.93 bits per heavy atom. The van der Waals surface area contributed by atoms with Gasteiger partial charge >= 0.3 is 0 Å². The highest BCUT2D eigenvalue weighted by Crippen LogP contribution is 2.25. The summed E-state index contributed by atoms with van der Waals surface area (Å²) in [7, 11) is 0. The molecule has 3 rings (SSSR count). The molecule has 0 bridgehead atoms. The molecule has 1 aliphatic heterocycles. The van der Waals surface area contributed by atoms with Crippen LogP contribution in [0, 0.1) is 0 Å². The van der Waals surface area contributed by atoms with Crippen LogP contribution in [0.5, 0.6) is 0 Å². The van der Waals surface area contributed by atoms with Gasteiger partial charge in [0, 0.05) is 45.7 Å². The van der Waals surface area contributed by atoms with E-state index in [0.29, 0.717) is 6.42 Å².